The molecule has 0 amide bonds. The summed E-state index contributed by atoms with van der Waals surface area (Å²) >= 11 is 17.6. The summed E-state index contributed by atoms with van der Waals surface area (Å²) < 4.78 is 15.9. The first kappa shape index (κ1) is 26.3. The summed E-state index contributed by atoms with van der Waals surface area (Å²) in [5.41, 5.74) is -4.04. The third kappa shape index (κ3) is 3.14. The number of allylic oxidation sites excluding steroid dienone is 4. The predicted molar refractivity (Wildman–Crippen MR) is 128 cm³/mol. The highest BCUT2D eigenvalue weighted by molar-refractivity contribution is 9.12. The van der Waals surface area contributed by atoms with E-state index >= 15 is 4.39 Å². The molecule has 0 aromatic heterocycles. The van der Waals surface area contributed by atoms with E-state index in [1.54, 1.807) is 26.8 Å². The topological polar surface area (TPSA) is 112 Å². The number of hydrogen-bond acceptors (Lipinski definition) is 5. The second kappa shape index (κ2) is 8.10. The van der Waals surface area contributed by atoms with Crippen LogP contribution in [0.25, 0.3) is 0 Å². The van der Waals surface area contributed by atoms with E-state index in [9.17, 15) is 24.6 Å². The number of carboxylic acids is 1. The SMILES string of the molecule is C[C@@H]1C[C@H]2[C@@H]3C[C@@H](F)C4=CC(=O)C(Br)=C[C@]4(C)[C@@]3(Cl)[C@@H](Cl)C[C@]2(C)[C@@]1(O)C(=O)C(O)CC(=O)O. The normalized spacial score (nSPS) is 48.7. The maximum atomic E-state index is 15.6. The molecule has 4 aliphatic carbocycles. The van der Waals surface area contributed by atoms with E-state index in [4.69, 9.17) is 28.3 Å². The number of fused-ring (bicyclic) bond motifs is 5. The van der Waals surface area contributed by atoms with Gasteiger partial charge in [0.1, 0.15) is 17.9 Å². The highest BCUT2D eigenvalue weighted by Gasteiger charge is 2.75. The molecule has 0 aromatic carbocycles. The number of carbonyl (C=O) groups is 3. The highest BCUT2D eigenvalue weighted by atomic mass is 79.9. The predicted octanol–water partition coefficient (Wildman–Crippen LogP) is 3.93. The maximum absolute atomic E-state index is 15.6. The number of aliphatic carboxylic acids is 1. The summed E-state index contributed by atoms with van der Waals surface area (Å²) in [6.45, 7) is 5.14. The molecule has 0 heterocycles. The van der Waals surface area contributed by atoms with Crippen molar-refractivity contribution in [2.45, 2.75) is 74.6 Å². The molecule has 0 radical (unpaired) electrons. The molecule has 1 unspecified atom stereocenters. The van der Waals surface area contributed by atoms with Crippen molar-refractivity contribution in [3.8, 4) is 0 Å². The van der Waals surface area contributed by atoms with Crippen molar-refractivity contribution < 1.29 is 34.1 Å². The first-order valence-electron chi connectivity index (χ1n) is 11.3. The Morgan fingerprint density at radius 1 is 1.29 bits per heavy atom. The van der Waals surface area contributed by atoms with Gasteiger partial charge >= 0.3 is 5.97 Å². The number of aliphatic hydroxyl groups is 2. The van der Waals surface area contributed by atoms with E-state index in [-0.39, 0.29) is 28.7 Å². The molecule has 3 N–H and O–H groups in total. The van der Waals surface area contributed by atoms with Crippen LogP contribution >= 0.6 is 39.1 Å². The molecule has 0 spiro atoms. The number of rotatable bonds is 4. The fourth-order valence-electron chi connectivity index (χ4n) is 7.57. The van der Waals surface area contributed by atoms with Crippen molar-refractivity contribution in [1.29, 1.82) is 0 Å². The first-order valence-corrected chi connectivity index (χ1v) is 12.9. The van der Waals surface area contributed by atoms with Crippen LogP contribution in [-0.4, -0.2) is 61.0 Å². The number of Topliss-reactive ketones (excluding diaryl/α,β-unsaturated/α-hetero) is 1. The van der Waals surface area contributed by atoms with Gasteiger partial charge in [0.05, 0.1) is 21.2 Å². The largest absolute Gasteiger partial charge is 0.481 e. The van der Waals surface area contributed by atoms with Gasteiger partial charge < -0.3 is 15.3 Å². The van der Waals surface area contributed by atoms with Crippen molar-refractivity contribution in [3.05, 3.63) is 22.2 Å². The monoisotopic (exact) mass is 580 g/mol. The van der Waals surface area contributed by atoms with Crippen LogP contribution in [0.5, 0.6) is 0 Å². The first-order chi connectivity index (χ1) is 15.6. The second-order valence-corrected chi connectivity index (χ2v) is 12.8. The molecule has 6 nitrogen and oxygen atoms in total. The summed E-state index contributed by atoms with van der Waals surface area (Å²) in [5.74, 6) is -4.29. The summed E-state index contributed by atoms with van der Waals surface area (Å²) in [4.78, 5) is 35.5. The quantitative estimate of drug-likeness (QED) is 0.434. The third-order valence-corrected chi connectivity index (χ3v) is 11.4. The number of aliphatic hydroxyl groups excluding tert-OH is 1. The van der Waals surface area contributed by atoms with Crippen LogP contribution in [0.4, 0.5) is 4.39 Å². The zero-order chi connectivity index (χ0) is 25.6. The summed E-state index contributed by atoms with van der Waals surface area (Å²) in [7, 11) is 0. The standard InChI is InChI=1S/C24H28BrCl2FO6/c1-10-4-11-12-5-15(28)13-6-16(29)14(25)8-21(13,2)23(12,27)18(26)9-22(11,3)24(10,34)20(33)17(30)7-19(31)32/h6,8,10-12,15,17-18,30,34H,4-5,7,9H2,1-3H3,(H,31,32)/t10-,11+,12+,15-,17?,18+,21+,22+,23+,24+/m1/s1. The fraction of sp³-hybridized carbons (Fsp3) is 0.708. The van der Waals surface area contributed by atoms with Crippen LogP contribution in [0.15, 0.2) is 22.2 Å². The highest BCUT2D eigenvalue weighted by Crippen LogP contribution is 2.72. The molecule has 0 bridgehead atoms. The van der Waals surface area contributed by atoms with Crippen LogP contribution in [-0.2, 0) is 14.4 Å². The van der Waals surface area contributed by atoms with Gasteiger partial charge in [-0.15, -0.1) is 23.2 Å². The van der Waals surface area contributed by atoms with Crippen LogP contribution in [0.1, 0.15) is 46.5 Å². The van der Waals surface area contributed by atoms with E-state index in [1.165, 1.54) is 6.08 Å². The van der Waals surface area contributed by atoms with Gasteiger partial charge in [0.15, 0.2) is 11.6 Å². The Hall–Kier alpha value is -0.800. The lowest BCUT2D eigenvalue weighted by molar-refractivity contribution is -0.175. The minimum Gasteiger partial charge on any atom is -0.481 e. The molecule has 0 aromatic rings. The Morgan fingerprint density at radius 3 is 2.50 bits per heavy atom. The molecule has 10 heteroatoms. The Kier molecular flexibility index (Phi) is 6.26. The Balaban J connectivity index is 1.82. The lowest BCUT2D eigenvalue weighted by Gasteiger charge is -2.64. The third-order valence-electron chi connectivity index (χ3n) is 9.27. The number of halogens is 4. The van der Waals surface area contributed by atoms with E-state index in [1.807, 2.05) is 0 Å². The van der Waals surface area contributed by atoms with Crippen LogP contribution < -0.4 is 0 Å². The maximum Gasteiger partial charge on any atom is 0.306 e. The summed E-state index contributed by atoms with van der Waals surface area (Å²) in [5, 5.41) is 30.4. The van der Waals surface area contributed by atoms with Gasteiger partial charge in [-0.25, -0.2) is 4.39 Å². The Morgan fingerprint density at radius 2 is 1.91 bits per heavy atom. The molecule has 34 heavy (non-hydrogen) atoms. The molecule has 3 fully saturated rings. The Labute approximate surface area is 215 Å². The molecule has 4 aliphatic rings. The Bertz CT molecular complexity index is 1030. The number of alkyl halides is 3. The van der Waals surface area contributed by atoms with E-state index in [0.717, 1.165) is 0 Å². The average molecular weight is 582 g/mol. The summed E-state index contributed by atoms with van der Waals surface area (Å²) in [6, 6.07) is 0. The number of carbonyl (C=O) groups excluding carboxylic acids is 2. The average Bonchev–Trinajstić information content (AvgIpc) is 2.93. The minimum absolute atomic E-state index is 0.0260. The van der Waals surface area contributed by atoms with Gasteiger partial charge in [-0.2, -0.15) is 0 Å². The molecular weight excluding hydrogens is 554 g/mol. The van der Waals surface area contributed by atoms with Crippen molar-refractivity contribution in [3.63, 3.8) is 0 Å². The molecule has 0 aliphatic heterocycles. The van der Waals surface area contributed by atoms with Crippen molar-refractivity contribution in [1.82, 2.24) is 0 Å². The van der Waals surface area contributed by atoms with Crippen LogP contribution in [0.2, 0.25) is 0 Å². The van der Waals surface area contributed by atoms with Crippen molar-refractivity contribution >= 4 is 56.7 Å². The smallest absolute Gasteiger partial charge is 0.306 e. The molecule has 0 saturated heterocycles. The molecule has 3 saturated carbocycles. The van der Waals surface area contributed by atoms with E-state index in [0.29, 0.717) is 6.42 Å². The van der Waals surface area contributed by atoms with Crippen molar-refractivity contribution in [2.75, 3.05) is 0 Å². The van der Waals surface area contributed by atoms with Gasteiger partial charge in [0, 0.05) is 10.8 Å². The lowest BCUT2D eigenvalue weighted by Crippen LogP contribution is -2.69. The number of hydrogen-bond donors (Lipinski definition) is 3. The van der Waals surface area contributed by atoms with Gasteiger partial charge in [-0.3, -0.25) is 14.4 Å². The van der Waals surface area contributed by atoms with Gasteiger partial charge in [0.25, 0.3) is 0 Å². The molecule has 4 rings (SSSR count). The van der Waals surface area contributed by atoms with E-state index in [2.05, 4.69) is 15.9 Å². The van der Waals surface area contributed by atoms with Gasteiger partial charge in [-0.05, 0) is 64.6 Å². The number of carboxylic acid groups (broad SMARTS) is 1. The number of ketones is 2. The zero-order valence-corrected chi connectivity index (χ0v) is 22.1. The lowest BCUT2D eigenvalue weighted by atomic mass is 9.46. The zero-order valence-electron chi connectivity index (χ0n) is 19.0. The second-order valence-electron chi connectivity index (χ2n) is 10.8. The van der Waals surface area contributed by atoms with Gasteiger partial charge in [0.2, 0.25) is 0 Å². The van der Waals surface area contributed by atoms with Crippen LogP contribution in [0.3, 0.4) is 0 Å². The van der Waals surface area contributed by atoms with Gasteiger partial charge in [-0.1, -0.05) is 26.8 Å². The fourth-order valence-corrected chi connectivity index (χ4v) is 9.33. The van der Waals surface area contributed by atoms with E-state index < -0.39 is 74.9 Å². The summed E-state index contributed by atoms with van der Waals surface area (Å²) in [6.07, 6.45) is -0.876. The molecule has 10 atom stereocenters. The minimum atomic E-state index is -2.06. The molecular formula is C24H28BrCl2FO6. The molecule has 188 valence electrons. The van der Waals surface area contributed by atoms with Crippen LogP contribution in [0, 0.1) is 28.6 Å². The van der Waals surface area contributed by atoms with Crippen molar-refractivity contribution in [2.24, 2.45) is 28.6 Å².